The molecule has 0 atom stereocenters. The number of thioether (sulfide) groups is 1. The highest BCUT2D eigenvalue weighted by Gasteiger charge is 2.22. The molecule has 2 aromatic carbocycles. The monoisotopic (exact) mass is 496 g/mol. The summed E-state index contributed by atoms with van der Waals surface area (Å²) in [5.41, 5.74) is 4.04. The predicted octanol–water partition coefficient (Wildman–Crippen LogP) is 5.38. The molecule has 2 aromatic heterocycles. The van der Waals surface area contributed by atoms with Crippen LogP contribution < -0.4 is 5.56 Å². The molecule has 34 heavy (non-hydrogen) atoms. The number of halogens is 2. The molecule has 0 fully saturated rings. The third kappa shape index (κ3) is 5.09. The minimum atomic E-state index is -0.250. The molecule has 0 aliphatic carbocycles. The quantitative estimate of drug-likeness (QED) is 0.285. The molecule has 1 aliphatic heterocycles. The Kier molecular flexibility index (Phi) is 6.54. The van der Waals surface area contributed by atoms with Crippen molar-refractivity contribution in [2.45, 2.75) is 37.3 Å². The van der Waals surface area contributed by atoms with Gasteiger partial charge in [0.15, 0.2) is 5.16 Å². The van der Waals surface area contributed by atoms with E-state index in [9.17, 15) is 9.18 Å². The predicted molar refractivity (Wildman–Crippen MR) is 130 cm³/mol. The second-order valence-electron chi connectivity index (χ2n) is 8.20. The van der Waals surface area contributed by atoms with E-state index in [1.165, 1.54) is 23.9 Å². The summed E-state index contributed by atoms with van der Waals surface area (Å²) < 4.78 is 19.0. The van der Waals surface area contributed by atoms with E-state index < -0.39 is 0 Å². The van der Waals surface area contributed by atoms with Gasteiger partial charge in [-0.05, 0) is 42.8 Å². The van der Waals surface area contributed by atoms with Crippen LogP contribution in [0.5, 0.6) is 0 Å². The number of aryl methyl sites for hydroxylation is 1. The number of oxazole rings is 1. The Morgan fingerprint density at radius 1 is 1.21 bits per heavy atom. The van der Waals surface area contributed by atoms with Crippen LogP contribution in [-0.2, 0) is 25.3 Å². The number of fused-ring (bicyclic) bond motifs is 1. The molecule has 0 unspecified atom stereocenters. The minimum Gasteiger partial charge on any atom is -0.441 e. The van der Waals surface area contributed by atoms with Crippen molar-refractivity contribution in [1.29, 1.82) is 0 Å². The average Bonchev–Trinajstić information content (AvgIpc) is 3.20. The van der Waals surface area contributed by atoms with Gasteiger partial charge in [-0.3, -0.25) is 9.69 Å². The van der Waals surface area contributed by atoms with Crippen LogP contribution in [0.1, 0.15) is 28.3 Å². The van der Waals surface area contributed by atoms with E-state index in [4.69, 9.17) is 21.0 Å². The van der Waals surface area contributed by atoms with Crippen molar-refractivity contribution < 1.29 is 8.81 Å². The Balaban J connectivity index is 1.27. The Hall–Kier alpha value is -2.94. The van der Waals surface area contributed by atoms with Gasteiger partial charge in [0.1, 0.15) is 11.6 Å². The molecule has 0 saturated heterocycles. The number of nitrogens with zero attached hydrogens (tertiary/aromatic N) is 3. The fourth-order valence-electron chi connectivity index (χ4n) is 3.95. The van der Waals surface area contributed by atoms with Crippen LogP contribution in [0.15, 0.2) is 62.9 Å². The van der Waals surface area contributed by atoms with Gasteiger partial charge < -0.3 is 9.40 Å². The van der Waals surface area contributed by atoms with Crippen LogP contribution in [0.3, 0.4) is 0 Å². The van der Waals surface area contributed by atoms with E-state index in [0.717, 1.165) is 34.8 Å². The fourth-order valence-corrected chi connectivity index (χ4v) is 5.02. The number of H-pyrrole nitrogens is 1. The third-order valence-electron chi connectivity index (χ3n) is 5.76. The maximum atomic E-state index is 13.2. The highest BCUT2D eigenvalue weighted by atomic mass is 35.5. The van der Waals surface area contributed by atoms with Gasteiger partial charge in [0.25, 0.3) is 5.56 Å². The summed E-state index contributed by atoms with van der Waals surface area (Å²) in [4.78, 5) is 27.2. The number of aromatic nitrogens is 3. The zero-order valence-corrected chi connectivity index (χ0v) is 20.0. The van der Waals surface area contributed by atoms with Crippen LogP contribution in [0, 0.1) is 12.7 Å². The molecule has 5 rings (SSSR count). The molecule has 0 spiro atoms. The maximum absolute atomic E-state index is 13.2. The van der Waals surface area contributed by atoms with Crippen LogP contribution >= 0.6 is 23.4 Å². The normalized spacial score (nSPS) is 13.7. The van der Waals surface area contributed by atoms with E-state index in [-0.39, 0.29) is 11.4 Å². The van der Waals surface area contributed by atoms with Crippen molar-refractivity contribution in [3.63, 3.8) is 0 Å². The number of hydrogen-bond acceptors (Lipinski definition) is 6. The molecule has 6 nitrogen and oxygen atoms in total. The summed E-state index contributed by atoms with van der Waals surface area (Å²) in [6.45, 7) is 3.84. The Labute approximate surface area is 205 Å². The largest absolute Gasteiger partial charge is 0.441 e. The van der Waals surface area contributed by atoms with Gasteiger partial charge in [-0.15, -0.1) is 0 Å². The molecule has 0 bridgehead atoms. The summed E-state index contributed by atoms with van der Waals surface area (Å²) >= 11 is 7.50. The van der Waals surface area contributed by atoms with E-state index in [2.05, 4.69) is 14.9 Å². The number of benzene rings is 2. The van der Waals surface area contributed by atoms with Crippen LogP contribution in [0.25, 0.3) is 11.5 Å². The average molecular weight is 497 g/mol. The Morgan fingerprint density at radius 3 is 2.82 bits per heavy atom. The van der Waals surface area contributed by atoms with Gasteiger partial charge in [0.05, 0.1) is 17.0 Å². The molecule has 4 aromatic rings. The Morgan fingerprint density at radius 2 is 2.03 bits per heavy atom. The van der Waals surface area contributed by atoms with Gasteiger partial charge >= 0.3 is 0 Å². The molecule has 1 aliphatic rings. The van der Waals surface area contributed by atoms with E-state index in [0.29, 0.717) is 46.9 Å². The first kappa shape index (κ1) is 22.8. The second-order valence-corrected chi connectivity index (χ2v) is 9.60. The molecule has 3 heterocycles. The van der Waals surface area contributed by atoms with Gasteiger partial charge in [-0.2, -0.15) is 0 Å². The van der Waals surface area contributed by atoms with E-state index in [1.807, 2.05) is 25.1 Å². The van der Waals surface area contributed by atoms with Gasteiger partial charge in [-0.1, -0.05) is 41.6 Å². The van der Waals surface area contributed by atoms with Crippen molar-refractivity contribution in [3.8, 4) is 11.5 Å². The first-order chi connectivity index (χ1) is 16.4. The van der Waals surface area contributed by atoms with Gasteiger partial charge in [-0.25, -0.2) is 14.4 Å². The summed E-state index contributed by atoms with van der Waals surface area (Å²) in [6.07, 6.45) is 0.690. The van der Waals surface area contributed by atoms with Crippen molar-refractivity contribution in [2.75, 3.05) is 6.54 Å². The van der Waals surface area contributed by atoms with Crippen molar-refractivity contribution in [1.82, 2.24) is 19.9 Å². The molecule has 0 saturated carbocycles. The zero-order chi connectivity index (χ0) is 23.7. The lowest BCUT2D eigenvalue weighted by molar-refractivity contribution is 0.241. The highest BCUT2D eigenvalue weighted by Crippen LogP contribution is 2.28. The van der Waals surface area contributed by atoms with Crippen molar-refractivity contribution >= 4 is 23.4 Å². The number of rotatable bonds is 6. The van der Waals surface area contributed by atoms with Crippen LogP contribution in [0.4, 0.5) is 4.39 Å². The molecule has 0 radical (unpaired) electrons. The lowest BCUT2D eigenvalue weighted by atomic mass is 10.1. The smallest absolute Gasteiger partial charge is 0.256 e. The van der Waals surface area contributed by atoms with Crippen molar-refractivity contribution in [2.24, 2.45) is 0 Å². The number of aromatic amines is 1. The highest BCUT2D eigenvalue weighted by molar-refractivity contribution is 7.98. The lowest BCUT2D eigenvalue weighted by Crippen LogP contribution is -2.35. The van der Waals surface area contributed by atoms with Crippen LogP contribution in [0.2, 0.25) is 5.02 Å². The molecular formula is C25H22ClFN4O2S. The fraction of sp³-hybridized carbons (Fsp3) is 0.240. The first-order valence-corrected chi connectivity index (χ1v) is 12.2. The third-order valence-corrected chi connectivity index (χ3v) is 6.87. The summed E-state index contributed by atoms with van der Waals surface area (Å²) in [6, 6.07) is 13.8. The van der Waals surface area contributed by atoms with Crippen LogP contribution in [-0.4, -0.2) is 26.4 Å². The molecule has 174 valence electrons. The Bertz CT molecular complexity index is 1390. The number of nitrogens with one attached hydrogen (secondary N) is 1. The maximum Gasteiger partial charge on any atom is 0.256 e. The SMILES string of the molecule is Cc1oc(-c2cccc(Cl)c2)nc1CSc1nc2c(c(=O)[nH]1)CN(Cc1ccc(F)cc1)CC2. The first-order valence-electron chi connectivity index (χ1n) is 10.9. The number of hydrogen-bond donors (Lipinski definition) is 1. The van der Waals surface area contributed by atoms with E-state index >= 15 is 0 Å². The summed E-state index contributed by atoms with van der Waals surface area (Å²) in [7, 11) is 0. The summed E-state index contributed by atoms with van der Waals surface area (Å²) in [5, 5.41) is 1.19. The molecular weight excluding hydrogens is 475 g/mol. The second kappa shape index (κ2) is 9.74. The van der Waals surface area contributed by atoms with Gasteiger partial charge in [0, 0.05) is 42.4 Å². The standard InChI is InChI=1S/C25H22ClFN4O2S/c1-15-22(28-24(33-15)17-3-2-4-18(26)11-17)14-34-25-29-21-9-10-31(13-20(21)23(32)30-25)12-16-5-7-19(27)8-6-16/h2-8,11H,9-10,12-14H2,1H3,(H,29,30,32). The van der Waals surface area contributed by atoms with Gasteiger partial charge in [0.2, 0.25) is 5.89 Å². The van der Waals surface area contributed by atoms with Crippen molar-refractivity contribution in [3.05, 3.63) is 98.0 Å². The molecule has 0 amide bonds. The minimum absolute atomic E-state index is 0.118. The van der Waals surface area contributed by atoms with E-state index in [1.54, 1.807) is 18.2 Å². The summed E-state index contributed by atoms with van der Waals surface area (Å²) in [5.74, 6) is 1.51. The molecule has 1 N–H and O–H groups in total. The molecule has 9 heteroatoms. The lowest BCUT2D eigenvalue weighted by Gasteiger charge is -2.27. The zero-order valence-electron chi connectivity index (χ0n) is 18.5. The topological polar surface area (TPSA) is 75.0 Å².